The average molecular weight is 735 g/mol. The summed E-state index contributed by atoms with van der Waals surface area (Å²) in [6.07, 6.45) is -0.880. The van der Waals surface area contributed by atoms with Crippen LogP contribution in [0, 0.1) is 29.1 Å². The van der Waals surface area contributed by atoms with Crippen LogP contribution in [0.1, 0.15) is 48.5 Å². The lowest BCUT2D eigenvalue weighted by molar-refractivity contribution is -0.174. The first-order valence-electron chi connectivity index (χ1n) is 15.5. The highest BCUT2D eigenvalue weighted by Crippen LogP contribution is 2.59. The molecule has 1 heterocycles. The van der Waals surface area contributed by atoms with Gasteiger partial charge in [0.2, 0.25) is 0 Å². The number of hydrogen-bond donors (Lipinski definition) is 0. The summed E-state index contributed by atoms with van der Waals surface area (Å²) >= 11 is 0. The summed E-state index contributed by atoms with van der Waals surface area (Å²) in [6.45, 7) is 3.18. The fraction of sp³-hybridized carbons (Fsp3) is 0.432. The molecule has 0 N–H and O–H groups in total. The Bertz CT molecular complexity index is 1630. The van der Waals surface area contributed by atoms with Crippen molar-refractivity contribution >= 4 is 38.9 Å². The van der Waals surface area contributed by atoms with Crippen LogP contribution in [0.2, 0.25) is 0 Å². The lowest BCUT2D eigenvalue weighted by atomic mass is 9.78. The van der Waals surface area contributed by atoms with Crippen molar-refractivity contribution in [1.29, 1.82) is 0 Å². The van der Waals surface area contributed by atoms with Gasteiger partial charge >= 0.3 is 23.2 Å². The molecule has 1 saturated heterocycles. The van der Waals surface area contributed by atoms with E-state index in [4.69, 9.17) is 9.47 Å². The molecule has 2 saturated carbocycles. The van der Waals surface area contributed by atoms with E-state index in [0.29, 0.717) is 12.8 Å². The summed E-state index contributed by atoms with van der Waals surface area (Å²) in [7, 11) is -6.04. The monoisotopic (exact) mass is 734 g/mol. The zero-order valence-electron chi connectivity index (χ0n) is 26.5. The Kier molecular flexibility index (Phi) is 13.0. The summed E-state index contributed by atoms with van der Waals surface area (Å²) in [5.74, 6) is -5.81. The third kappa shape index (κ3) is 8.21. The van der Waals surface area contributed by atoms with Crippen molar-refractivity contribution in [1.82, 2.24) is 0 Å². The number of ether oxygens (including phenoxy) is 3. The Morgan fingerprint density at radius 2 is 1.34 bits per heavy atom. The van der Waals surface area contributed by atoms with Crippen molar-refractivity contribution in [3.05, 3.63) is 91.0 Å². The van der Waals surface area contributed by atoms with Gasteiger partial charge in [0.05, 0.1) is 28.1 Å². The van der Waals surface area contributed by atoms with E-state index in [2.05, 4.69) is 95.7 Å². The van der Waals surface area contributed by atoms with Gasteiger partial charge in [0, 0.05) is 11.8 Å². The standard InChI is InChI=1S/C18H15S.C17H22F2O9S.2CH4/c1-4-10-16(11-5-1)19(17-12-6-2-7-13-17)18-14-8-3-9-15-18;1-4-16(2,3)15(22)28-12-7-5-8-10(14(21)27-11(8)12)9(7)13(20)26-6-17(18,19)29(23,24)25;;/h1-15H;7-12H,4-6H2,1-3H3,(H,23,24,25);2*1H4/q+1;;;/p-1. The molecule has 272 valence electrons. The number of hydrogen-bond acceptors (Lipinski definition) is 9. The maximum Gasteiger partial charge on any atom is 0.367 e. The van der Waals surface area contributed by atoms with Gasteiger partial charge in [-0.3, -0.25) is 14.4 Å². The SMILES string of the molecule is C.C.CCC(C)(C)C(=O)OC1C2CC3C1OC(=O)C3C2C(=O)OCC(F)(F)S(=O)(=O)[O-].c1ccc([S+](c2ccccc2)c2ccccc2)cc1. The van der Waals surface area contributed by atoms with E-state index in [1.165, 1.54) is 14.7 Å². The van der Waals surface area contributed by atoms with Crippen LogP contribution in [-0.2, 0) is 49.6 Å². The zero-order chi connectivity index (χ0) is 34.9. The van der Waals surface area contributed by atoms with Crippen LogP contribution in [0.15, 0.2) is 106 Å². The predicted octanol–water partition coefficient (Wildman–Crippen LogP) is 6.88. The molecular formula is C37H44F2O9S2. The van der Waals surface area contributed by atoms with Crippen molar-refractivity contribution in [3.8, 4) is 0 Å². The Morgan fingerprint density at radius 1 is 0.880 bits per heavy atom. The molecule has 0 aromatic heterocycles. The van der Waals surface area contributed by atoms with E-state index >= 15 is 0 Å². The summed E-state index contributed by atoms with van der Waals surface area (Å²) in [6, 6.07) is 32.2. The van der Waals surface area contributed by atoms with E-state index in [0.717, 1.165) is 0 Å². The number of benzene rings is 3. The molecule has 6 rings (SSSR count). The third-order valence-electron chi connectivity index (χ3n) is 9.18. The van der Waals surface area contributed by atoms with Crippen LogP contribution in [-0.4, -0.2) is 54.9 Å². The molecule has 2 aliphatic carbocycles. The predicted molar refractivity (Wildman–Crippen MR) is 183 cm³/mol. The molecule has 0 spiro atoms. The summed E-state index contributed by atoms with van der Waals surface area (Å²) in [4.78, 5) is 41.1. The van der Waals surface area contributed by atoms with Gasteiger partial charge in [-0.1, -0.05) is 76.4 Å². The second kappa shape index (κ2) is 16.0. The Labute approximate surface area is 295 Å². The molecule has 13 heteroatoms. The summed E-state index contributed by atoms with van der Waals surface area (Å²) < 4.78 is 73.5. The maximum atomic E-state index is 13.3. The molecule has 3 aromatic rings. The molecule has 1 aliphatic heterocycles. The smallest absolute Gasteiger partial charge is 0.367 e. The fourth-order valence-corrected chi connectivity index (χ4v) is 8.61. The van der Waals surface area contributed by atoms with Gasteiger partial charge in [0.1, 0.15) is 12.2 Å². The van der Waals surface area contributed by atoms with Gasteiger partial charge in [-0.15, -0.1) is 0 Å². The van der Waals surface area contributed by atoms with Crippen LogP contribution in [0.4, 0.5) is 8.78 Å². The number of alkyl halides is 2. The molecule has 3 aromatic carbocycles. The molecule has 6 unspecified atom stereocenters. The zero-order valence-corrected chi connectivity index (χ0v) is 28.1. The van der Waals surface area contributed by atoms with Crippen LogP contribution < -0.4 is 0 Å². The minimum Gasteiger partial charge on any atom is -0.743 e. The van der Waals surface area contributed by atoms with E-state index in [-0.39, 0.29) is 25.7 Å². The van der Waals surface area contributed by atoms with E-state index in [1.807, 2.05) is 0 Å². The number of rotatable bonds is 10. The minimum absolute atomic E-state index is 0. The highest BCUT2D eigenvalue weighted by Gasteiger charge is 2.70. The molecule has 50 heavy (non-hydrogen) atoms. The number of fused-ring (bicyclic) bond motifs is 1. The van der Waals surface area contributed by atoms with Crippen molar-refractivity contribution in [3.63, 3.8) is 0 Å². The number of halogens is 2. The van der Waals surface area contributed by atoms with Crippen LogP contribution >= 0.6 is 0 Å². The van der Waals surface area contributed by atoms with Crippen LogP contribution in [0.25, 0.3) is 0 Å². The molecular weight excluding hydrogens is 691 g/mol. The maximum absolute atomic E-state index is 13.3. The Hall–Kier alpha value is -3.81. The Balaban J connectivity index is 0.000000280. The first kappa shape index (κ1) is 40.6. The van der Waals surface area contributed by atoms with Crippen molar-refractivity contribution < 1.29 is 50.3 Å². The van der Waals surface area contributed by atoms with Gasteiger partial charge in [0.15, 0.2) is 31.4 Å². The highest BCUT2D eigenvalue weighted by atomic mass is 32.2. The summed E-state index contributed by atoms with van der Waals surface area (Å²) in [5, 5.41) is -4.80. The van der Waals surface area contributed by atoms with Crippen molar-refractivity contribution in [2.45, 2.75) is 80.6 Å². The topological polar surface area (TPSA) is 136 Å². The highest BCUT2D eigenvalue weighted by molar-refractivity contribution is 7.97. The lowest BCUT2D eigenvalue weighted by Gasteiger charge is -2.32. The molecule has 6 atom stereocenters. The van der Waals surface area contributed by atoms with Crippen LogP contribution in [0.3, 0.4) is 0 Å². The summed E-state index contributed by atoms with van der Waals surface area (Å²) in [5.41, 5.74) is -0.815. The normalized spacial score (nSPS) is 23.5. The first-order valence-corrected chi connectivity index (χ1v) is 18.1. The van der Waals surface area contributed by atoms with Gasteiger partial charge in [0.25, 0.3) is 0 Å². The molecule has 3 fully saturated rings. The lowest BCUT2D eigenvalue weighted by Crippen LogP contribution is -2.46. The number of esters is 3. The largest absolute Gasteiger partial charge is 0.743 e. The van der Waals surface area contributed by atoms with Gasteiger partial charge < -0.3 is 18.8 Å². The van der Waals surface area contributed by atoms with E-state index in [1.54, 1.807) is 20.8 Å². The molecule has 9 nitrogen and oxygen atoms in total. The number of carbonyl (C=O) groups is 3. The second-order valence-electron chi connectivity index (χ2n) is 12.6. The van der Waals surface area contributed by atoms with Crippen molar-refractivity contribution in [2.24, 2.45) is 29.1 Å². The fourth-order valence-electron chi connectivity index (χ4n) is 6.30. The first-order chi connectivity index (χ1) is 22.7. The molecule has 0 radical (unpaired) electrons. The Morgan fingerprint density at radius 3 is 1.76 bits per heavy atom. The van der Waals surface area contributed by atoms with Crippen molar-refractivity contribution in [2.75, 3.05) is 6.61 Å². The average Bonchev–Trinajstić information content (AvgIpc) is 3.69. The van der Waals surface area contributed by atoms with Crippen LogP contribution in [0.5, 0.6) is 0 Å². The number of carbonyl (C=O) groups excluding carboxylic acids is 3. The van der Waals surface area contributed by atoms with Gasteiger partial charge in [-0.25, -0.2) is 8.42 Å². The molecule has 2 bridgehead atoms. The van der Waals surface area contributed by atoms with E-state index < -0.39 is 81.2 Å². The quantitative estimate of drug-likeness (QED) is 0.0946. The van der Waals surface area contributed by atoms with Gasteiger partial charge in [-0.05, 0) is 63.1 Å². The molecule has 3 aliphatic rings. The molecule has 0 amide bonds. The van der Waals surface area contributed by atoms with E-state index in [9.17, 15) is 36.1 Å². The minimum atomic E-state index is -6.02. The second-order valence-corrected chi connectivity index (χ2v) is 16.1. The third-order valence-corrected chi connectivity index (χ3v) is 12.3. The van der Waals surface area contributed by atoms with Gasteiger partial charge in [-0.2, -0.15) is 8.78 Å².